The zero-order chi connectivity index (χ0) is 23.4. The Hall–Kier alpha value is -3.43. The summed E-state index contributed by atoms with van der Waals surface area (Å²) in [6.07, 6.45) is -0.371. The third-order valence-corrected chi connectivity index (χ3v) is 5.62. The summed E-state index contributed by atoms with van der Waals surface area (Å²) < 4.78 is 17.5. The predicted octanol–water partition coefficient (Wildman–Crippen LogP) is 1.61. The van der Waals surface area contributed by atoms with Crippen LogP contribution in [0.3, 0.4) is 0 Å². The van der Waals surface area contributed by atoms with E-state index in [0.29, 0.717) is 50.0 Å². The highest BCUT2D eigenvalue weighted by molar-refractivity contribution is 6.02. The van der Waals surface area contributed by atoms with Crippen LogP contribution < -0.4 is 14.8 Å². The van der Waals surface area contributed by atoms with Crippen molar-refractivity contribution in [2.75, 3.05) is 47.0 Å². The Morgan fingerprint density at radius 3 is 2.28 bits per heavy atom. The van der Waals surface area contributed by atoms with E-state index in [1.807, 2.05) is 6.07 Å². The van der Waals surface area contributed by atoms with Crippen molar-refractivity contribution in [3.05, 3.63) is 23.9 Å². The summed E-state index contributed by atoms with van der Waals surface area (Å²) in [4.78, 5) is 40.9. The van der Waals surface area contributed by atoms with Gasteiger partial charge in [-0.05, 0) is 19.9 Å². The van der Waals surface area contributed by atoms with Gasteiger partial charge in [-0.15, -0.1) is 0 Å². The fourth-order valence-electron chi connectivity index (χ4n) is 3.81. The van der Waals surface area contributed by atoms with Gasteiger partial charge >= 0.3 is 6.09 Å². The molecule has 32 heavy (non-hydrogen) atoms. The molecule has 0 radical (unpaired) electrons. The molecular formula is C22H30N4O6. The van der Waals surface area contributed by atoms with Gasteiger partial charge in [0.1, 0.15) is 23.2 Å². The molecule has 2 heterocycles. The maximum Gasteiger partial charge on any atom is 0.409 e. The van der Waals surface area contributed by atoms with Crippen molar-refractivity contribution >= 4 is 28.8 Å². The number of piperazine rings is 1. The van der Waals surface area contributed by atoms with Crippen LogP contribution in [0.1, 0.15) is 24.3 Å². The van der Waals surface area contributed by atoms with Crippen molar-refractivity contribution in [2.45, 2.75) is 19.9 Å². The number of aromatic nitrogens is 1. The number of rotatable bonds is 6. The number of aryl methyl sites for hydroxylation is 1. The standard InChI is InChI=1S/C22H30N4O6/c1-6-32-22(29)26-9-7-25(8-10-26)21(28)14(2)23-20(27)18-13-16-17(24(18)3)11-15(30-4)12-19(16)31-5/h11-14H,6-10H2,1-5H3,(H,23,27). The van der Waals surface area contributed by atoms with E-state index in [4.69, 9.17) is 14.2 Å². The average Bonchev–Trinajstić information content (AvgIpc) is 3.14. The van der Waals surface area contributed by atoms with Crippen molar-refractivity contribution in [1.82, 2.24) is 19.7 Å². The Morgan fingerprint density at radius 2 is 1.69 bits per heavy atom. The predicted molar refractivity (Wildman–Crippen MR) is 118 cm³/mol. The number of carbonyl (C=O) groups excluding carboxylic acids is 3. The fourth-order valence-corrected chi connectivity index (χ4v) is 3.81. The van der Waals surface area contributed by atoms with Gasteiger partial charge in [-0.3, -0.25) is 9.59 Å². The number of ether oxygens (including phenoxy) is 3. The average molecular weight is 447 g/mol. The molecule has 0 saturated carbocycles. The number of amides is 3. The molecule has 2 aromatic rings. The minimum atomic E-state index is -0.717. The quantitative estimate of drug-likeness (QED) is 0.723. The molecule has 0 bridgehead atoms. The molecule has 3 rings (SSSR count). The van der Waals surface area contributed by atoms with Crippen LogP contribution in [0.4, 0.5) is 4.79 Å². The molecule has 3 amide bonds. The van der Waals surface area contributed by atoms with Crippen LogP contribution in [-0.4, -0.2) is 85.3 Å². The maximum atomic E-state index is 13.0. The normalized spacial score (nSPS) is 14.8. The first-order chi connectivity index (χ1) is 15.3. The van der Waals surface area contributed by atoms with Gasteiger partial charge < -0.3 is 33.9 Å². The number of hydrogen-bond donors (Lipinski definition) is 1. The second-order valence-corrected chi connectivity index (χ2v) is 7.56. The molecule has 10 nitrogen and oxygen atoms in total. The molecule has 1 saturated heterocycles. The largest absolute Gasteiger partial charge is 0.497 e. The van der Waals surface area contributed by atoms with Crippen LogP contribution in [0.25, 0.3) is 10.9 Å². The summed E-state index contributed by atoms with van der Waals surface area (Å²) >= 11 is 0. The Kier molecular flexibility index (Phi) is 7.12. The van der Waals surface area contributed by atoms with Crippen LogP contribution in [0, 0.1) is 0 Å². The molecule has 1 aliphatic heterocycles. The monoisotopic (exact) mass is 446 g/mol. The smallest absolute Gasteiger partial charge is 0.409 e. The first kappa shape index (κ1) is 23.2. The van der Waals surface area contributed by atoms with E-state index < -0.39 is 6.04 Å². The molecule has 1 N–H and O–H groups in total. The number of fused-ring (bicyclic) bond motifs is 1. The summed E-state index contributed by atoms with van der Waals surface area (Å²) in [6, 6.07) is 4.60. The van der Waals surface area contributed by atoms with E-state index in [-0.39, 0.29) is 17.9 Å². The highest BCUT2D eigenvalue weighted by Crippen LogP contribution is 2.33. The summed E-state index contributed by atoms with van der Waals surface area (Å²) in [7, 11) is 4.90. The molecule has 1 fully saturated rings. The Labute approximate surface area is 187 Å². The number of methoxy groups -OCH3 is 2. The van der Waals surface area contributed by atoms with Crippen molar-refractivity contribution in [2.24, 2.45) is 7.05 Å². The third-order valence-electron chi connectivity index (χ3n) is 5.62. The molecular weight excluding hydrogens is 416 g/mol. The minimum absolute atomic E-state index is 0.195. The molecule has 1 aromatic carbocycles. The molecule has 1 aromatic heterocycles. The lowest BCUT2D eigenvalue weighted by Gasteiger charge is -2.35. The SMILES string of the molecule is CCOC(=O)N1CCN(C(=O)C(C)NC(=O)c2cc3c(OC)cc(OC)cc3n2C)CC1. The number of nitrogens with one attached hydrogen (secondary N) is 1. The van der Waals surface area contributed by atoms with Gasteiger partial charge in [0.25, 0.3) is 5.91 Å². The summed E-state index contributed by atoms with van der Waals surface area (Å²) in [6.45, 7) is 5.31. The van der Waals surface area contributed by atoms with Gasteiger partial charge in [-0.2, -0.15) is 0 Å². The van der Waals surface area contributed by atoms with Gasteiger partial charge in [-0.25, -0.2) is 4.79 Å². The van der Waals surface area contributed by atoms with Crippen LogP contribution in [-0.2, 0) is 16.6 Å². The first-order valence-corrected chi connectivity index (χ1v) is 10.5. The summed E-state index contributed by atoms with van der Waals surface area (Å²) in [5.41, 5.74) is 1.18. The lowest BCUT2D eigenvalue weighted by atomic mass is 10.2. The highest BCUT2D eigenvalue weighted by Gasteiger charge is 2.29. The van der Waals surface area contributed by atoms with E-state index in [1.165, 1.54) is 0 Å². The van der Waals surface area contributed by atoms with Gasteiger partial charge in [0.2, 0.25) is 5.91 Å². The van der Waals surface area contributed by atoms with Crippen molar-refractivity contribution in [3.63, 3.8) is 0 Å². The number of nitrogens with zero attached hydrogens (tertiary/aromatic N) is 3. The van der Waals surface area contributed by atoms with E-state index >= 15 is 0 Å². The van der Waals surface area contributed by atoms with Crippen molar-refractivity contribution < 1.29 is 28.6 Å². The van der Waals surface area contributed by atoms with Gasteiger partial charge in [0.05, 0.1) is 26.3 Å². The maximum absolute atomic E-state index is 13.0. The molecule has 1 aliphatic rings. The minimum Gasteiger partial charge on any atom is -0.497 e. The lowest BCUT2D eigenvalue weighted by Crippen LogP contribution is -2.55. The van der Waals surface area contributed by atoms with E-state index in [2.05, 4.69) is 5.32 Å². The van der Waals surface area contributed by atoms with Gasteiger partial charge in [0.15, 0.2) is 0 Å². The van der Waals surface area contributed by atoms with Gasteiger partial charge in [-0.1, -0.05) is 0 Å². The number of carbonyl (C=O) groups is 3. The van der Waals surface area contributed by atoms with Crippen LogP contribution in [0.15, 0.2) is 18.2 Å². The van der Waals surface area contributed by atoms with Crippen LogP contribution >= 0.6 is 0 Å². The second-order valence-electron chi connectivity index (χ2n) is 7.56. The molecule has 1 unspecified atom stereocenters. The van der Waals surface area contributed by atoms with E-state index in [1.54, 1.807) is 61.6 Å². The molecule has 174 valence electrons. The Morgan fingerprint density at radius 1 is 1.03 bits per heavy atom. The first-order valence-electron chi connectivity index (χ1n) is 10.5. The molecule has 0 aliphatic carbocycles. The number of hydrogen-bond acceptors (Lipinski definition) is 6. The highest BCUT2D eigenvalue weighted by atomic mass is 16.6. The summed E-state index contributed by atoms with van der Waals surface area (Å²) in [5.74, 6) is 0.654. The van der Waals surface area contributed by atoms with E-state index in [0.717, 1.165) is 10.9 Å². The summed E-state index contributed by atoms with van der Waals surface area (Å²) in [5, 5.41) is 3.56. The topological polar surface area (TPSA) is 102 Å². The zero-order valence-electron chi connectivity index (χ0n) is 19.1. The zero-order valence-corrected chi connectivity index (χ0v) is 19.1. The molecule has 1 atom stereocenters. The Balaban J connectivity index is 1.68. The van der Waals surface area contributed by atoms with Crippen LogP contribution in [0.2, 0.25) is 0 Å². The van der Waals surface area contributed by atoms with Gasteiger partial charge in [0, 0.05) is 50.7 Å². The molecule has 10 heteroatoms. The Bertz CT molecular complexity index is 1010. The fraction of sp³-hybridized carbons (Fsp3) is 0.500. The second kappa shape index (κ2) is 9.80. The van der Waals surface area contributed by atoms with Crippen LogP contribution in [0.5, 0.6) is 11.5 Å². The molecule has 0 spiro atoms. The van der Waals surface area contributed by atoms with E-state index in [9.17, 15) is 14.4 Å². The van der Waals surface area contributed by atoms with Crippen molar-refractivity contribution in [3.8, 4) is 11.5 Å². The lowest BCUT2D eigenvalue weighted by molar-refractivity contribution is -0.134. The number of benzene rings is 1. The van der Waals surface area contributed by atoms with Crippen molar-refractivity contribution in [1.29, 1.82) is 0 Å². The third kappa shape index (κ3) is 4.58.